The first-order valence-electron chi connectivity index (χ1n) is 8.44. The molecule has 0 aliphatic carbocycles. The van der Waals surface area contributed by atoms with Crippen molar-refractivity contribution in [3.63, 3.8) is 0 Å². The minimum absolute atomic E-state index is 0.0517. The van der Waals surface area contributed by atoms with E-state index in [1.807, 2.05) is 0 Å². The molecule has 2 rings (SSSR count). The van der Waals surface area contributed by atoms with Gasteiger partial charge in [0.2, 0.25) is 0 Å². The number of benzene rings is 2. The predicted octanol–water partition coefficient (Wildman–Crippen LogP) is 4.49. The second-order valence-electron chi connectivity index (χ2n) is 5.67. The number of halogens is 1. The molecule has 1 amide bonds. The summed E-state index contributed by atoms with van der Waals surface area (Å²) in [6.45, 7) is 2.03. The van der Waals surface area contributed by atoms with Gasteiger partial charge in [-0.3, -0.25) is 5.32 Å². The van der Waals surface area contributed by atoms with Crippen LogP contribution in [0.25, 0.3) is 0 Å². The molecule has 8 heteroatoms. The van der Waals surface area contributed by atoms with Crippen LogP contribution < -0.4 is 5.32 Å². The van der Waals surface area contributed by atoms with Gasteiger partial charge in [0, 0.05) is 22.8 Å². The molecule has 28 heavy (non-hydrogen) atoms. The lowest BCUT2D eigenvalue weighted by atomic mass is 10.0. The van der Waals surface area contributed by atoms with Crippen molar-refractivity contribution >= 4 is 33.7 Å². The fourth-order valence-corrected chi connectivity index (χ4v) is 2.66. The van der Waals surface area contributed by atoms with E-state index >= 15 is 0 Å². The first-order valence-corrected chi connectivity index (χ1v) is 9.23. The van der Waals surface area contributed by atoms with E-state index in [9.17, 15) is 14.7 Å². The molecule has 0 saturated heterocycles. The first kappa shape index (κ1) is 21.5. The maximum atomic E-state index is 12.4. The van der Waals surface area contributed by atoms with Crippen molar-refractivity contribution in [3.8, 4) is 5.75 Å². The highest BCUT2D eigenvalue weighted by atomic mass is 79.9. The van der Waals surface area contributed by atoms with Gasteiger partial charge in [0.1, 0.15) is 11.9 Å². The largest absolute Gasteiger partial charge is 0.508 e. The van der Waals surface area contributed by atoms with Gasteiger partial charge in [0.15, 0.2) is 6.10 Å². The zero-order valence-electron chi connectivity index (χ0n) is 15.0. The zero-order chi connectivity index (χ0) is 20.5. The minimum Gasteiger partial charge on any atom is -0.508 e. The third-order valence-electron chi connectivity index (χ3n) is 3.63. The van der Waals surface area contributed by atoms with Gasteiger partial charge in [-0.25, -0.2) is 9.59 Å². The summed E-state index contributed by atoms with van der Waals surface area (Å²) in [5, 5.41) is 21.0. The molecule has 0 spiro atoms. The van der Waals surface area contributed by atoms with E-state index < -0.39 is 24.3 Å². The number of ether oxygens (including phenoxy) is 2. The highest BCUT2D eigenvalue weighted by Gasteiger charge is 2.26. The molecule has 0 saturated carbocycles. The van der Waals surface area contributed by atoms with Crippen LogP contribution in [0.4, 0.5) is 10.5 Å². The molecule has 148 valence electrons. The number of carbonyl (C=O) groups excluding carboxylic acids is 1. The van der Waals surface area contributed by atoms with Gasteiger partial charge in [0.05, 0.1) is 0 Å². The monoisotopic (exact) mass is 449 g/mol. The second kappa shape index (κ2) is 10.5. The molecule has 0 heterocycles. The minimum atomic E-state index is -1.14. The van der Waals surface area contributed by atoms with Crippen molar-refractivity contribution in [1.29, 1.82) is 0 Å². The number of aliphatic carboxylic acids is 1. The number of amides is 1. The number of hydrogen-bond donors (Lipinski definition) is 3. The van der Waals surface area contributed by atoms with Crippen LogP contribution >= 0.6 is 15.9 Å². The Morgan fingerprint density at radius 1 is 1.14 bits per heavy atom. The average molecular weight is 450 g/mol. The molecule has 3 N–H and O–H groups in total. The van der Waals surface area contributed by atoms with E-state index in [1.54, 1.807) is 43.3 Å². The van der Waals surface area contributed by atoms with Crippen molar-refractivity contribution < 1.29 is 29.3 Å². The summed E-state index contributed by atoms with van der Waals surface area (Å²) in [6, 6.07) is 13.0. The number of aromatic hydroxyl groups is 1. The molecule has 0 aromatic heterocycles. The molecular weight excluding hydrogens is 430 g/mol. The first-order chi connectivity index (χ1) is 13.4. The fourth-order valence-electron chi connectivity index (χ4n) is 2.40. The van der Waals surface area contributed by atoms with Crippen molar-refractivity contribution in [3.05, 3.63) is 70.7 Å². The number of carboxylic acid groups (broad SMARTS) is 1. The van der Waals surface area contributed by atoms with Crippen molar-refractivity contribution in [2.45, 2.75) is 19.1 Å². The highest BCUT2D eigenvalue weighted by Crippen LogP contribution is 2.27. The topological polar surface area (TPSA) is 105 Å². The number of carboxylic acids is 1. The molecule has 2 atom stereocenters. The van der Waals surface area contributed by atoms with E-state index in [0.29, 0.717) is 11.3 Å². The maximum Gasteiger partial charge on any atom is 0.412 e. The third-order valence-corrected chi connectivity index (χ3v) is 4.16. The molecule has 0 aliphatic heterocycles. The van der Waals surface area contributed by atoms with Crippen LogP contribution in [0.2, 0.25) is 0 Å². The van der Waals surface area contributed by atoms with Gasteiger partial charge in [0.25, 0.3) is 0 Å². The third kappa shape index (κ3) is 6.71. The van der Waals surface area contributed by atoms with Crippen LogP contribution in [-0.4, -0.2) is 35.0 Å². The Hall–Kier alpha value is -2.84. The molecule has 2 aromatic rings. The van der Waals surface area contributed by atoms with Crippen LogP contribution in [0.1, 0.15) is 18.6 Å². The van der Waals surface area contributed by atoms with Crippen LogP contribution in [0.3, 0.4) is 0 Å². The standard InChI is InChI=1S/C20H20BrNO6/c1-2-27-17(11-12-18(24)25)19(13-3-9-16(23)10-4-13)28-20(26)22-15-7-5-14(21)6-8-15/h3-12,17,19,23H,2H2,1H3,(H,22,26)(H,24,25)/b12-11+/t17-,19-/m1/s1. The molecule has 2 aromatic carbocycles. The highest BCUT2D eigenvalue weighted by molar-refractivity contribution is 9.10. The normalized spacial score (nSPS) is 13.1. The molecule has 0 aliphatic rings. The average Bonchev–Trinajstić information content (AvgIpc) is 2.66. The Balaban J connectivity index is 2.25. The number of phenols is 1. The lowest BCUT2D eigenvalue weighted by molar-refractivity contribution is -0.131. The van der Waals surface area contributed by atoms with Crippen LogP contribution in [0.15, 0.2) is 65.2 Å². The molecular formula is C20H20BrNO6. The molecule has 0 fully saturated rings. The molecule has 0 bridgehead atoms. The molecule has 0 unspecified atom stereocenters. The zero-order valence-corrected chi connectivity index (χ0v) is 16.6. The lowest BCUT2D eigenvalue weighted by Gasteiger charge is -2.25. The number of carbonyl (C=O) groups is 2. The van der Waals surface area contributed by atoms with Gasteiger partial charge < -0.3 is 19.7 Å². The summed E-state index contributed by atoms with van der Waals surface area (Å²) in [5.41, 5.74) is 1.07. The maximum absolute atomic E-state index is 12.4. The van der Waals surface area contributed by atoms with E-state index in [4.69, 9.17) is 14.6 Å². The Bertz CT molecular complexity index is 820. The summed E-state index contributed by atoms with van der Waals surface area (Å²) in [4.78, 5) is 23.3. The summed E-state index contributed by atoms with van der Waals surface area (Å²) in [5.74, 6) is -1.09. The number of anilines is 1. The van der Waals surface area contributed by atoms with Gasteiger partial charge in [-0.15, -0.1) is 0 Å². The number of hydrogen-bond acceptors (Lipinski definition) is 5. The number of nitrogens with one attached hydrogen (secondary N) is 1. The van der Waals surface area contributed by atoms with E-state index in [1.165, 1.54) is 18.2 Å². The van der Waals surface area contributed by atoms with Gasteiger partial charge in [-0.05, 0) is 55.0 Å². The fraction of sp³-hybridized carbons (Fsp3) is 0.200. The van der Waals surface area contributed by atoms with Gasteiger partial charge >= 0.3 is 12.1 Å². The number of rotatable bonds is 8. The van der Waals surface area contributed by atoms with Crippen LogP contribution in [0.5, 0.6) is 5.75 Å². The lowest BCUT2D eigenvalue weighted by Crippen LogP contribution is -2.27. The van der Waals surface area contributed by atoms with Crippen LogP contribution in [-0.2, 0) is 14.3 Å². The summed E-state index contributed by atoms with van der Waals surface area (Å²) >= 11 is 3.32. The van der Waals surface area contributed by atoms with Gasteiger partial charge in [-0.1, -0.05) is 28.1 Å². The van der Waals surface area contributed by atoms with E-state index in [0.717, 1.165) is 10.5 Å². The Labute approximate surface area is 170 Å². The SMILES string of the molecule is CCO[C@H](/C=C/C(=O)O)[C@H](OC(=O)Nc1ccc(Br)cc1)c1ccc(O)cc1. The molecule has 0 radical (unpaired) electrons. The van der Waals surface area contributed by atoms with Crippen molar-refractivity contribution in [2.75, 3.05) is 11.9 Å². The van der Waals surface area contributed by atoms with Crippen molar-refractivity contribution in [1.82, 2.24) is 0 Å². The summed E-state index contributed by atoms with van der Waals surface area (Å²) in [6.07, 6.45) is -0.235. The van der Waals surface area contributed by atoms with E-state index in [-0.39, 0.29) is 12.4 Å². The summed E-state index contributed by atoms with van der Waals surface area (Å²) in [7, 11) is 0. The summed E-state index contributed by atoms with van der Waals surface area (Å²) < 4.78 is 12.0. The smallest absolute Gasteiger partial charge is 0.412 e. The number of phenolic OH excluding ortho intramolecular Hbond substituents is 1. The van der Waals surface area contributed by atoms with Crippen molar-refractivity contribution in [2.24, 2.45) is 0 Å². The second-order valence-corrected chi connectivity index (χ2v) is 6.58. The predicted molar refractivity (Wildman–Crippen MR) is 107 cm³/mol. The Morgan fingerprint density at radius 3 is 2.36 bits per heavy atom. The Kier molecular flexibility index (Phi) is 8.03. The van der Waals surface area contributed by atoms with Crippen LogP contribution in [0, 0.1) is 0 Å². The molecule has 7 nitrogen and oxygen atoms in total. The van der Waals surface area contributed by atoms with Gasteiger partial charge in [-0.2, -0.15) is 0 Å². The van der Waals surface area contributed by atoms with E-state index in [2.05, 4.69) is 21.2 Å². The quantitative estimate of drug-likeness (QED) is 0.512. The Morgan fingerprint density at radius 2 is 1.79 bits per heavy atom.